The van der Waals surface area contributed by atoms with Crippen molar-refractivity contribution in [3.05, 3.63) is 11.7 Å². The Morgan fingerprint density at radius 2 is 2.11 bits per heavy atom. The summed E-state index contributed by atoms with van der Waals surface area (Å²) < 4.78 is 10.7. The Hall–Kier alpha value is -0.940. The standard InChI is InChI=1S/C14H23N3O2/c1-2-7-17(8-3-1)9-4-5-13-15-14(16-19-13)12-6-10-18-11-12/h12H,1-11H2/t12-/m0/s1. The van der Waals surface area contributed by atoms with Crippen LogP contribution in [0.5, 0.6) is 0 Å². The molecule has 5 nitrogen and oxygen atoms in total. The van der Waals surface area contributed by atoms with Gasteiger partial charge in [0.15, 0.2) is 5.82 Å². The molecule has 3 rings (SSSR count). The Morgan fingerprint density at radius 1 is 1.21 bits per heavy atom. The lowest BCUT2D eigenvalue weighted by atomic mass is 10.1. The van der Waals surface area contributed by atoms with Gasteiger partial charge in [-0.15, -0.1) is 0 Å². The molecule has 0 saturated carbocycles. The molecular weight excluding hydrogens is 242 g/mol. The fourth-order valence-corrected chi connectivity index (χ4v) is 2.91. The first kappa shape index (κ1) is 13.1. The smallest absolute Gasteiger partial charge is 0.226 e. The molecule has 1 aromatic rings. The fraction of sp³-hybridized carbons (Fsp3) is 0.857. The topological polar surface area (TPSA) is 51.4 Å². The predicted octanol–water partition coefficient (Wildman–Crippen LogP) is 1.99. The molecule has 2 aliphatic heterocycles. The summed E-state index contributed by atoms with van der Waals surface area (Å²) in [6.45, 7) is 5.24. The van der Waals surface area contributed by atoms with Crippen LogP contribution in [0, 0.1) is 0 Å². The van der Waals surface area contributed by atoms with E-state index in [1.165, 1.54) is 32.4 Å². The highest BCUT2D eigenvalue weighted by molar-refractivity contribution is 4.97. The number of hydrogen-bond donors (Lipinski definition) is 0. The van der Waals surface area contributed by atoms with Gasteiger partial charge in [-0.3, -0.25) is 0 Å². The number of rotatable bonds is 5. The molecule has 0 bridgehead atoms. The highest BCUT2D eigenvalue weighted by Gasteiger charge is 2.23. The van der Waals surface area contributed by atoms with Gasteiger partial charge in [-0.25, -0.2) is 0 Å². The van der Waals surface area contributed by atoms with Crippen LogP contribution in [0.1, 0.15) is 49.7 Å². The number of likely N-dealkylation sites (tertiary alicyclic amines) is 1. The molecule has 1 aromatic heterocycles. The summed E-state index contributed by atoms with van der Waals surface area (Å²) in [7, 11) is 0. The molecule has 2 aliphatic rings. The zero-order valence-electron chi connectivity index (χ0n) is 11.5. The van der Waals surface area contributed by atoms with Gasteiger partial charge in [0.25, 0.3) is 0 Å². The summed E-state index contributed by atoms with van der Waals surface area (Å²) in [5.74, 6) is 1.98. The van der Waals surface area contributed by atoms with E-state index >= 15 is 0 Å². The number of piperidine rings is 1. The third kappa shape index (κ3) is 3.54. The zero-order chi connectivity index (χ0) is 12.9. The van der Waals surface area contributed by atoms with E-state index in [1.807, 2.05) is 0 Å². The lowest BCUT2D eigenvalue weighted by molar-refractivity contribution is 0.192. The van der Waals surface area contributed by atoms with Crippen molar-refractivity contribution in [1.29, 1.82) is 0 Å². The van der Waals surface area contributed by atoms with Gasteiger partial charge in [0, 0.05) is 18.9 Å². The minimum Gasteiger partial charge on any atom is -0.381 e. The van der Waals surface area contributed by atoms with Gasteiger partial charge in [-0.1, -0.05) is 11.6 Å². The third-order valence-corrected chi connectivity index (χ3v) is 4.09. The predicted molar refractivity (Wildman–Crippen MR) is 71.1 cm³/mol. The molecule has 0 unspecified atom stereocenters. The molecule has 0 aromatic carbocycles. The molecule has 0 spiro atoms. The van der Waals surface area contributed by atoms with Gasteiger partial charge in [-0.2, -0.15) is 4.98 Å². The van der Waals surface area contributed by atoms with Crippen molar-refractivity contribution in [2.75, 3.05) is 32.8 Å². The minimum absolute atomic E-state index is 0.347. The van der Waals surface area contributed by atoms with E-state index in [2.05, 4.69) is 15.0 Å². The van der Waals surface area contributed by atoms with E-state index in [1.54, 1.807) is 0 Å². The molecule has 2 saturated heterocycles. The van der Waals surface area contributed by atoms with E-state index in [0.29, 0.717) is 5.92 Å². The molecule has 19 heavy (non-hydrogen) atoms. The Labute approximate surface area is 114 Å². The van der Waals surface area contributed by atoms with Crippen molar-refractivity contribution in [1.82, 2.24) is 15.0 Å². The SMILES string of the molecule is C1CCN(CCCc2nc([C@H]3CCOC3)no2)CC1. The monoisotopic (exact) mass is 265 g/mol. The summed E-state index contributed by atoms with van der Waals surface area (Å²) in [6.07, 6.45) is 7.14. The minimum atomic E-state index is 0.347. The first-order valence-electron chi connectivity index (χ1n) is 7.54. The van der Waals surface area contributed by atoms with Crippen molar-refractivity contribution in [3.63, 3.8) is 0 Å². The van der Waals surface area contributed by atoms with Crippen molar-refractivity contribution in [3.8, 4) is 0 Å². The van der Waals surface area contributed by atoms with Crippen LogP contribution in [0.2, 0.25) is 0 Å². The van der Waals surface area contributed by atoms with Crippen LogP contribution < -0.4 is 0 Å². The Balaban J connectivity index is 1.42. The summed E-state index contributed by atoms with van der Waals surface area (Å²) >= 11 is 0. The average Bonchev–Trinajstić information content (AvgIpc) is 3.10. The van der Waals surface area contributed by atoms with Gasteiger partial charge in [-0.05, 0) is 45.3 Å². The van der Waals surface area contributed by atoms with Crippen LogP contribution in [0.15, 0.2) is 4.52 Å². The Bertz CT molecular complexity index is 382. The average molecular weight is 265 g/mol. The maximum atomic E-state index is 5.35. The third-order valence-electron chi connectivity index (χ3n) is 4.09. The molecule has 106 valence electrons. The van der Waals surface area contributed by atoms with Crippen molar-refractivity contribution in [2.45, 2.75) is 44.4 Å². The maximum Gasteiger partial charge on any atom is 0.226 e. The van der Waals surface area contributed by atoms with Crippen molar-refractivity contribution < 1.29 is 9.26 Å². The largest absolute Gasteiger partial charge is 0.381 e. The summed E-state index contributed by atoms with van der Waals surface area (Å²) in [5, 5.41) is 4.08. The highest BCUT2D eigenvalue weighted by atomic mass is 16.5. The second-order valence-corrected chi connectivity index (χ2v) is 5.61. The normalized spacial score (nSPS) is 24.9. The van der Waals surface area contributed by atoms with E-state index in [-0.39, 0.29) is 0 Å². The molecule has 0 amide bonds. The van der Waals surface area contributed by atoms with Crippen LogP contribution in [0.25, 0.3) is 0 Å². The van der Waals surface area contributed by atoms with Crippen molar-refractivity contribution >= 4 is 0 Å². The van der Waals surface area contributed by atoms with Crippen LogP contribution in [-0.4, -0.2) is 47.9 Å². The van der Waals surface area contributed by atoms with Crippen LogP contribution in [0.4, 0.5) is 0 Å². The zero-order valence-corrected chi connectivity index (χ0v) is 11.5. The molecule has 1 atom stereocenters. The number of ether oxygens (including phenoxy) is 1. The number of aromatic nitrogens is 2. The van der Waals surface area contributed by atoms with Crippen LogP contribution in [-0.2, 0) is 11.2 Å². The van der Waals surface area contributed by atoms with E-state index in [9.17, 15) is 0 Å². The van der Waals surface area contributed by atoms with Gasteiger partial charge < -0.3 is 14.2 Å². The van der Waals surface area contributed by atoms with E-state index in [4.69, 9.17) is 9.26 Å². The number of aryl methyl sites for hydroxylation is 1. The van der Waals surface area contributed by atoms with Crippen LogP contribution in [0.3, 0.4) is 0 Å². The van der Waals surface area contributed by atoms with Gasteiger partial charge >= 0.3 is 0 Å². The van der Waals surface area contributed by atoms with E-state index in [0.717, 1.165) is 50.7 Å². The van der Waals surface area contributed by atoms with Gasteiger partial charge in [0.1, 0.15) is 0 Å². The molecule has 3 heterocycles. The molecule has 2 fully saturated rings. The van der Waals surface area contributed by atoms with Crippen molar-refractivity contribution in [2.24, 2.45) is 0 Å². The molecule has 0 N–H and O–H groups in total. The molecule has 0 radical (unpaired) electrons. The molecule has 0 aliphatic carbocycles. The lowest BCUT2D eigenvalue weighted by Crippen LogP contribution is -2.30. The lowest BCUT2D eigenvalue weighted by Gasteiger charge is -2.25. The fourth-order valence-electron chi connectivity index (χ4n) is 2.91. The first-order valence-corrected chi connectivity index (χ1v) is 7.54. The Kier molecular flexibility index (Phi) is 4.45. The van der Waals surface area contributed by atoms with Gasteiger partial charge in [0.05, 0.1) is 6.61 Å². The highest BCUT2D eigenvalue weighted by Crippen LogP contribution is 2.22. The number of nitrogens with zero attached hydrogens (tertiary/aromatic N) is 3. The Morgan fingerprint density at radius 3 is 2.89 bits per heavy atom. The summed E-state index contributed by atoms with van der Waals surface area (Å²) in [6, 6.07) is 0. The summed E-state index contributed by atoms with van der Waals surface area (Å²) in [4.78, 5) is 7.05. The number of hydrogen-bond acceptors (Lipinski definition) is 5. The maximum absolute atomic E-state index is 5.35. The van der Waals surface area contributed by atoms with Crippen LogP contribution >= 0.6 is 0 Å². The molecular formula is C14H23N3O2. The second-order valence-electron chi connectivity index (χ2n) is 5.61. The van der Waals surface area contributed by atoms with Gasteiger partial charge in [0.2, 0.25) is 5.89 Å². The second kappa shape index (κ2) is 6.48. The van der Waals surface area contributed by atoms with E-state index < -0.39 is 0 Å². The summed E-state index contributed by atoms with van der Waals surface area (Å²) in [5.41, 5.74) is 0. The quantitative estimate of drug-likeness (QED) is 0.815. The first-order chi connectivity index (χ1) is 9.42. The molecule has 5 heteroatoms.